The summed E-state index contributed by atoms with van der Waals surface area (Å²) in [6, 6.07) is 9.95. The average molecular weight is 520 g/mol. The predicted octanol–water partition coefficient (Wildman–Crippen LogP) is 3.36. The molecule has 2 aromatic carbocycles. The number of benzene rings is 2. The number of carboxylic acid groups (broad SMARTS) is 1. The summed E-state index contributed by atoms with van der Waals surface area (Å²) in [5.74, 6) is -1.39. The van der Waals surface area contributed by atoms with Gasteiger partial charge >= 0.3 is 5.97 Å². The van der Waals surface area contributed by atoms with Crippen LogP contribution >= 0.6 is 27.7 Å². The molecule has 0 radical (unpaired) electrons. The molecule has 0 aromatic heterocycles. The molecule has 1 unspecified atom stereocenters. The maximum absolute atomic E-state index is 12.4. The Hall–Kier alpha value is -3.18. The van der Waals surface area contributed by atoms with Gasteiger partial charge in [0, 0.05) is 22.0 Å². The number of hydrogen-bond donors (Lipinski definition) is 2. The van der Waals surface area contributed by atoms with Gasteiger partial charge in [0.25, 0.3) is 0 Å². The lowest BCUT2D eigenvalue weighted by atomic mass is 10.1. The van der Waals surface area contributed by atoms with E-state index >= 15 is 0 Å². The summed E-state index contributed by atoms with van der Waals surface area (Å²) < 4.78 is 11.1. The van der Waals surface area contributed by atoms with E-state index in [9.17, 15) is 19.5 Å². The third-order valence-electron chi connectivity index (χ3n) is 4.45. The molecule has 0 spiro atoms. The number of ketones is 1. The fraction of sp³-hybridized carbons (Fsp3) is 0.190. The number of hydrogen-bond acceptors (Lipinski definition) is 8. The van der Waals surface area contributed by atoms with Crippen LogP contribution in [0.15, 0.2) is 51.1 Å². The molecule has 1 aliphatic heterocycles. The number of amides is 1. The fourth-order valence-electron chi connectivity index (χ4n) is 2.92. The van der Waals surface area contributed by atoms with E-state index in [1.165, 1.54) is 26.5 Å². The summed E-state index contributed by atoms with van der Waals surface area (Å²) in [7, 11) is 2.74. The van der Waals surface area contributed by atoms with Gasteiger partial charge in [-0.15, -0.1) is 5.10 Å². The summed E-state index contributed by atoms with van der Waals surface area (Å²) >= 11 is 4.40. The Bertz CT molecular complexity index is 1120. The Labute approximate surface area is 196 Å². The lowest BCUT2D eigenvalue weighted by molar-refractivity contribution is -0.118. The summed E-state index contributed by atoms with van der Waals surface area (Å²) in [4.78, 5) is 36.3. The normalized spacial score (nSPS) is 16.9. The van der Waals surface area contributed by atoms with E-state index in [0.29, 0.717) is 5.56 Å². The Morgan fingerprint density at radius 2 is 1.91 bits per heavy atom. The van der Waals surface area contributed by atoms with E-state index in [-0.39, 0.29) is 45.9 Å². The van der Waals surface area contributed by atoms with Gasteiger partial charge in [-0.3, -0.25) is 9.59 Å². The van der Waals surface area contributed by atoms with Gasteiger partial charge in [-0.1, -0.05) is 39.8 Å². The number of carbonyl (C=O) groups excluding carboxylic acids is 2. The summed E-state index contributed by atoms with van der Waals surface area (Å²) in [5.41, 5.74) is 0.632. The third kappa shape index (κ3) is 5.35. The number of ether oxygens (including phenoxy) is 2. The number of methoxy groups -OCH3 is 2. The van der Waals surface area contributed by atoms with Crippen molar-refractivity contribution < 1.29 is 29.0 Å². The summed E-state index contributed by atoms with van der Waals surface area (Å²) in [6.45, 7) is 0. The molecule has 0 saturated carbocycles. The average Bonchev–Trinajstić information content (AvgIpc) is 3.12. The standard InChI is InChI=1S/C21H18BrN3O6S/c1-30-15-8-5-12(17(20(28)29)18(15)31-2)10-23-25-21-24-19(27)16(32-21)9-14(26)11-3-6-13(22)7-4-11/h3-8,10,16H,9H2,1-2H3,(H,28,29)(H,24,25,27)/b23-10-. The number of rotatable bonds is 8. The first-order chi connectivity index (χ1) is 15.3. The minimum Gasteiger partial charge on any atom is -0.493 e. The van der Waals surface area contributed by atoms with Crippen LogP contribution in [-0.2, 0) is 4.79 Å². The first-order valence-electron chi connectivity index (χ1n) is 9.19. The van der Waals surface area contributed by atoms with Crippen molar-refractivity contribution in [3.63, 3.8) is 0 Å². The number of carbonyl (C=O) groups is 3. The number of Topliss-reactive ketones (excluding diaryl/α,β-unsaturated/α-hetero) is 1. The van der Waals surface area contributed by atoms with Crippen LogP contribution in [0.5, 0.6) is 11.5 Å². The van der Waals surface area contributed by atoms with Crippen molar-refractivity contribution in [1.82, 2.24) is 5.32 Å². The molecule has 0 bridgehead atoms. The molecule has 2 N–H and O–H groups in total. The van der Waals surface area contributed by atoms with Crippen LogP contribution < -0.4 is 14.8 Å². The molecule has 9 nitrogen and oxygen atoms in total. The van der Waals surface area contributed by atoms with Gasteiger partial charge in [-0.2, -0.15) is 5.10 Å². The Morgan fingerprint density at radius 1 is 1.19 bits per heavy atom. The first kappa shape index (κ1) is 23.5. The zero-order valence-corrected chi connectivity index (χ0v) is 19.4. The highest BCUT2D eigenvalue weighted by atomic mass is 79.9. The summed E-state index contributed by atoms with van der Waals surface area (Å²) in [6.07, 6.45) is 1.26. The molecule has 3 rings (SSSR count). The zero-order valence-electron chi connectivity index (χ0n) is 17.0. The number of nitrogens with one attached hydrogen (secondary N) is 1. The lowest BCUT2D eigenvalue weighted by Gasteiger charge is -2.11. The second-order valence-corrected chi connectivity index (χ2v) is 8.56. The molecule has 1 saturated heterocycles. The quantitative estimate of drug-likeness (QED) is 0.311. The van der Waals surface area contributed by atoms with Crippen LogP contribution in [0.25, 0.3) is 0 Å². The highest BCUT2D eigenvalue weighted by molar-refractivity contribution is 9.10. The molecular formula is C21H18BrN3O6S. The third-order valence-corrected chi connectivity index (χ3v) is 6.05. The highest BCUT2D eigenvalue weighted by Crippen LogP contribution is 2.33. The predicted molar refractivity (Wildman–Crippen MR) is 124 cm³/mol. The van der Waals surface area contributed by atoms with Gasteiger partial charge in [-0.25, -0.2) is 4.79 Å². The molecular weight excluding hydrogens is 502 g/mol. The van der Waals surface area contributed by atoms with Crippen LogP contribution in [0.3, 0.4) is 0 Å². The SMILES string of the molecule is COc1ccc(/C=N\N=C2/NC(=O)C(CC(=O)c3ccc(Br)cc3)S2)c(C(=O)O)c1OC. The van der Waals surface area contributed by atoms with Crippen LogP contribution in [0.2, 0.25) is 0 Å². The van der Waals surface area contributed by atoms with Crippen molar-refractivity contribution in [3.05, 3.63) is 57.6 Å². The van der Waals surface area contributed by atoms with Gasteiger partial charge in [0.2, 0.25) is 5.91 Å². The van der Waals surface area contributed by atoms with Crippen LogP contribution in [0.4, 0.5) is 0 Å². The molecule has 11 heteroatoms. The minimum absolute atomic E-state index is 0.0136. The highest BCUT2D eigenvalue weighted by Gasteiger charge is 2.32. The van der Waals surface area contributed by atoms with Gasteiger partial charge in [0.1, 0.15) is 5.56 Å². The van der Waals surface area contributed by atoms with Crippen LogP contribution in [0.1, 0.15) is 32.7 Å². The van der Waals surface area contributed by atoms with Gasteiger partial charge in [0.05, 0.1) is 25.7 Å². The molecule has 1 amide bonds. The number of amidine groups is 1. The molecule has 2 aromatic rings. The molecule has 166 valence electrons. The fourth-order valence-corrected chi connectivity index (χ4v) is 4.11. The van der Waals surface area contributed by atoms with Gasteiger partial charge in [-0.05, 0) is 24.3 Å². The Morgan fingerprint density at radius 3 is 2.53 bits per heavy atom. The molecule has 1 aliphatic rings. The van der Waals surface area contributed by atoms with Gasteiger partial charge in [0.15, 0.2) is 22.4 Å². The number of halogens is 1. The van der Waals surface area contributed by atoms with E-state index < -0.39 is 11.2 Å². The first-order valence-corrected chi connectivity index (χ1v) is 10.9. The zero-order chi connectivity index (χ0) is 23.3. The second kappa shape index (κ2) is 10.4. The van der Waals surface area contributed by atoms with E-state index in [4.69, 9.17) is 9.47 Å². The molecule has 1 heterocycles. The maximum Gasteiger partial charge on any atom is 0.340 e. The van der Waals surface area contributed by atoms with Crippen LogP contribution in [0, 0.1) is 0 Å². The number of aromatic carboxylic acids is 1. The van der Waals surface area contributed by atoms with E-state index in [2.05, 4.69) is 31.4 Å². The Balaban J connectivity index is 1.72. The van der Waals surface area contributed by atoms with Crippen molar-refractivity contribution in [3.8, 4) is 11.5 Å². The number of carboxylic acids is 1. The van der Waals surface area contributed by atoms with E-state index in [1.54, 1.807) is 30.3 Å². The van der Waals surface area contributed by atoms with Gasteiger partial charge < -0.3 is 19.9 Å². The monoisotopic (exact) mass is 519 g/mol. The molecule has 1 atom stereocenters. The number of nitrogens with zero attached hydrogens (tertiary/aromatic N) is 2. The van der Waals surface area contributed by atoms with E-state index in [1.807, 2.05) is 0 Å². The topological polar surface area (TPSA) is 127 Å². The van der Waals surface area contributed by atoms with Crippen LogP contribution in [-0.4, -0.2) is 53.6 Å². The van der Waals surface area contributed by atoms with Crippen molar-refractivity contribution in [2.45, 2.75) is 11.7 Å². The smallest absolute Gasteiger partial charge is 0.340 e. The van der Waals surface area contributed by atoms with Crippen molar-refractivity contribution in [2.24, 2.45) is 10.2 Å². The summed E-state index contributed by atoms with van der Waals surface area (Å²) in [5, 5.41) is 19.5. The van der Waals surface area contributed by atoms with Crippen molar-refractivity contribution in [2.75, 3.05) is 14.2 Å². The van der Waals surface area contributed by atoms with Crippen molar-refractivity contribution in [1.29, 1.82) is 0 Å². The Kier molecular flexibility index (Phi) is 7.65. The van der Waals surface area contributed by atoms with E-state index in [0.717, 1.165) is 16.2 Å². The molecule has 32 heavy (non-hydrogen) atoms. The van der Waals surface area contributed by atoms with Crippen molar-refractivity contribution >= 4 is 56.7 Å². The second-order valence-electron chi connectivity index (χ2n) is 6.45. The minimum atomic E-state index is -1.22. The maximum atomic E-state index is 12.4. The molecule has 1 fully saturated rings. The lowest BCUT2D eigenvalue weighted by Crippen LogP contribution is -2.26. The largest absolute Gasteiger partial charge is 0.493 e. The number of thioether (sulfide) groups is 1. The molecule has 0 aliphatic carbocycles.